The Kier molecular flexibility index (Phi) is 4.43. The number of nitrogens with one attached hydrogen (secondary N) is 1. The highest BCUT2D eigenvalue weighted by Crippen LogP contribution is 2.23. The molecule has 26 heavy (non-hydrogen) atoms. The van der Waals surface area contributed by atoms with Crippen LogP contribution in [0.4, 0.5) is 5.82 Å². The van der Waals surface area contributed by atoms with Crippen LogP contribution < -0.4 is 10.2 Å². The Morgan fingerprint density at radius 3 is 2.77 bits per heavy atom. The summed E-state index contributed by atoms with van der Waals surface area (Å²) < 4.78 is 0. The summed E-state index contributed by atoms with van der Waals surface area (Å²) >= 11 is 0. The van der Waals surface area contributed by atoms with Crippen LogP contribution in [0.3, 0.4) is 0 Å². The molecule has 1 unspecified atom stereocenters. The van der Waals surface area contributed by atoms with Gasteiger partial charge < -0.3 is 10.2 Å². The van der Waals surface area contributed by atoms with Gasteiger partial charge in [-0.1, -0.05) is 12.1 Å². The van der Waals surface area contributed by atoms with Crippen molar-refractivity contribution in [1.29, 1.82) is 0 Å². The zero-order valence-corrected chi connectivity index (χ0v) is 14.6. The van der Waals surface area contributed by atoms with Crippen LogP contribution in [0, 0.1) is 6.92 Å². The van der Waals surface area contributed by atoms with Crippen LogP contribution in [0.5, 0.6) is 0 Å². The summed E-state index contributed by atoms with van der Waals surface area (Å²) in [5, 5.41) is 3.07. The third-order valence-corrected chi connectivity index (χ3v) is 4.59. The first-order valence-corrected chi connectivity index (χ1v) is 8.76. The Hall–Kier alpha value is -3.09. The Morgan fingerprint density at radius 1 is 1.19 bits per heavy atom. The normalized spacial score (nSPS) is 17.3. The standard InChI is InChI=1S/C19H20N6O/c1-13-18(24-16-7-3-2-6-15(16)22-13)25-10-4-5-14(11-25)23-19(26)17-8-9-20-12-21-17/h2-3,6-9,12,14H,4-5,10-11H2,1H3,(H,23,26). The van der Waals surface area contributed by atoms with E-state index < -0.39 is 0 Å². The molecule has 132 valence electrons. The van der Waals surface area contributed by atoms with Gasteiger partial charge in [-0.25, -0.2) is 19.9 Å². The molecule has 2 aromatic heterocycles. The number of amides is 1. The van der Waals surface area contributed by atoms with E-state index in [2.05, 4.69) is 25.2 Å². The summed E-state index contributed by atoms with van der Waals surface area (Å²) in [5.74, 6) is 0.727. The number of aromatic nitrogens is 4. The minimum atomic E-state index is -0.166. The highest BCUT2D eigenvalue weighted by Gasteiger charge is 2.24. The van der Waals surface area contributed by atoms with Crippen LogP contribution in [0.25, 0.3) is 11.0 Å². The van der Waals surface area contributed by atoms with Gasteiger partial charge in [-0.15, -0.1) is 0 Å². The lowest BCUT2D eigenvalue weighted by atomic mass is 10.1. The number of hydrogen-bond donors (Lipinski definition) is 1. The second-order valence-electron chi connectivity index (χ2n) is 6.47. The number of rotatable bonds is 3. The maximum Gasteiger partial charge on any atom is 0.270 e. The fourth-order valence-electron chi connectivity index (χ4n) is 3.35. The van der Waals surface area contributed by atoms with E-state index in [0.29, 0.717) is 12.2 Å². The number of carbonyl (C=O) groups excluding carboxylic acids is 1. The molecule has 0 saturated carbocycles. The number of hydrogen-bond acceptors (Lipinski definition) is 6. The Morgan fingerprint density at radius 2 is 2.00 bits per heavy atom. The molecule has 0 aliphatic carbocycles. The molecule has 3 aromatic rings. The lowest BCUT2D eigenvalue weighted by molar-refractivity contribution is 0.0928. The molecule has 1 fully saturated rings. The van der Waals surface area contributed by atoms with Gasteiger partial charge in [0.2, 0.25) is 0 Å². The second kappa shape index (κ2) is 7.03. The zero-order chi connectivity index (χ0) is 17.9. The van der Waals surface area contributed by atoms with E-state index in [4.69, 9.17) is 4.98 Å². The van der Waals surface area contributed by atoms with E-state index >= 15 is 0 Å². The lowest BCUT2D eigenvalue weighted by Gasteiger charge is -2.34. The smallest absolute Gasteiger partial charge is 0.270 e. The van der Waals surface area contributed by atoms with Crippen LogP contribution in [0.15, 0.2) is 42.9 Å². The van der Waals surface area contributed by atoms with Crippen molar-refractivity contribution in [2.24, 2.45) is 0 Å². The third kappa shape index (κ3) is 3.33. The Balaban J connectivity index is 1.52. The molecule has 1 amide bonds. The molecule has 1 aliphatic rings. The average Bonchev–Trinajstić information content (AvgIpc) is 2.68. The highest BCUT2D eigenvalue weighted by molar-refractivity contribution is 5.92. The molecule has 1 atom stereocenters. The van der Waals surface area contributed by atoms with Gasteiger partial charge in [0.05, 0.1) is 16.7 Å². The molecule has 0 spiro atoms. The quantitative estimate of drug-likeness (QED) is 0.781. The van der Waals surface area contributed by atoms with Crippen LogP contribution in [-0.2, 0) is 0 Å². The first-order chi connectivity index (χ1) is 12.7. The molecule has 7 heteroatoms. The molecule has 0 bridgehead atoms. The van der Waals surface area contributed by atoms with E-state index in [-0.39, 0.29) is 11.9 Å². The first kappa shape index (κ1) is 16.4. The number of para-hydroxylation sites is 2. The fourth-order valence-corrected chi connectivity index (χ4v) is 3.35. The van der Waals surface area contributed by atoms with Crippen molar-refractivity contribution in [1.82, 2.24) is 25.3 Å². The maximum atomic E-state index is 12.3. The third-order valence-electron chi connectivity index (χ3n) is 4.59. The van der Waals surface area contributed by atoms with Crippen molar-refractivity contribution in [3.05, 3.63) is 54.2 Å². The molecule has 3 heterocycles. The minimum absolute atomic E-state index is 0.0545. The van der Waals surface area contributed by atoms with E-state index in [9.17, 15) is 4.79 Å². The second-order valence-corrected chi connectivity index (χ2v) is 6.47. The largest absolute Gasteiger partial charge is 0.353 e. The summed E-state index contributed by atoms with van der Waals surface area (Å²) in [4.78, 5) is 31.9. The van der Waals surface area contributed by atoms with Gasteiger partial charge in [0, 0.05) is 25.3 Å². The van der Waals surface area contributed by atoms with Crippen LogP contribution >= 0.6 is 0 Å². The van der Waals surface area contributed by atoms with Crippen molar-refractivity contribution >= 4 is 22.8 Å². The fraction of sp³-hybridized carbons (Fsp3) is 0.316. The van der Waals surface area contributed by atoms with Crippen molar-refractivity contribution in [2.75, 3.05) is 18.0 Å². The summed E-state index contributed by atoms with van der Waals surface area (Å²) in [6.07, 6.45) is 4.88. The van der Waals surface area contributed by atoms with Crippen LogP contribution in [-0.4, -0.2) is 45.0 Å². The zero-order valence-electron chi connectivity index (χ0n) is 14.6. The SMILES string of the molecule is Cc1nc2ccccc2nc1N1CCCC(NC(=O)c2ccncn2)C1. The van der Waals surface area contributed by atoms with Crippen molar-refractivity contribution in [2.45, 2.75) is 25.8 Å². The number of benzene rings is 1. The van der Waals surface area contributed by atoms with Gasteiger partial charge in [0.15, 0.2) is 5.82 Å². The molecule has 0 radical (unpaired) electrons. The van der Waals surface area contributed by atoms with E-state index in [1.165, 1.54) is 6.33 Å². The van der Waals surface area contributed by atoms with Gasteiger partial charge in [-0.2, -0.15) is 0 Å². The topological polar surface area (TPSA) is 83.9 Å². The van der Waals surface area contributed by atoms with Gasteiger partial charge in [-0.3, -0.25) is 4.79 Å². The predicted octanol–water partition coefficient (Wildman–Crippen LogP) is 2.13. The van der Waals surface area contributed by atoms with Crippen molar-refractivity contribution in [3.63, 3.8) is 0 Å². The number of nitrogens with zero attached hydrogens (tertiary/aromatic N) is 5. The summed E-state index contributed by atoms with van der Waals surface area (Å²) in [6.45, 7) is 3.61. The van der Waals surface area contributed by atoms with Crippen LogP contribution in [0.2, 0.25) is 0 Å². The van der Waals surface area contributed by atoms with Gasteiger partial charge in [0.1, 0.15) is 12.0 Å². The summed E-state index contributed by atoms with van der Waals surface area (Å²) in [7, 11) is 0. The number of carbonyl (C=O) groups is 1. The van der Waals surface area contributed by atoms with E-state index in [1.807, 2.05) is 31.2 Å². The molecule has 1 saturated heterocycles. The van der Waals surface area contributed by atoms with Crippen LogP contribution in [0.1, 0.15) is 29.0 Å². The molecule has 1 N–H and O–H groups in total. The molecule has 4 rings (SSSR count). The molecule has 7 nitrogen and oxygen atoms in total. The Bertz CT molecular complexity index is 930. The lowest BCUT2D eigenvalue weighted by Crippen LogP contribution is -2.48. The molecule has 1 aromatic carbocycles. The van der Waals surface area contributed by atoms with Gasteiger partial charge in [-0.05, 0) is 38.0 Å². The van der Waals surface area contributed by atoms with E-state index in [1.54, 1.807) is 12.3 Å². The van der Waals surface area contributed by atoms with Gasteiger partial charge >= 0.3 is 0 Å². The minimum Gasteiger partial charge on any atom is -0.353 e. The number of fused-ring (bicyclic) bond motifs is 1. The van der Waals surface area contributed by atoms with Crippen molar-refractivity contribution in [3.8, 4) is 0 Å². The van der Waals surface area contributed by atoms with Gasteiger partial charge in [0.25, 0.3) is 5.91 Å². The number of piperidine rings is 1. The number of aryl methyl sites for hydroxylation is 1. The van der Waals surface area contributed by atoms with E-state index in [0.717, 1.165) is 41.9 Å². The molecular formula is C19H20N6O. The summed E-state index contributed by atoms with van der Waals surface area (Å²) in [6, 6.07) is 9.56. The summed E-state index contributed by atoms with van der Waals surface area (Å²) in [5.41, 5.74) is 3.09. The maximum absolute atomic E-state index is 12.3. The predicted molar refractivity (Wildman–Crippen MR) is 99.0 cm³/mol. The van der Waals surface area contributed by atoms with Crippen molar-refractivity contribution < 1.29 is 4.79 Å². The molecular weight excluding hydrogens is 328 g/mol. The monoisotopic (exact) mass is 348 g/mol. The molecule has 1 aliphatic heterocycles. The highest BCUT2D eigenvalue weighted by atomic mass is 16.1. The average molecular weight is 348 g/mol. The number of anilines is 1. The first-order valence-electron chi connectivity index (χ1n) is 8.76. The Labute approximate surface area is 151 Å².